The molecule has 0 spiro atoms. The van der Waals surface area contributed by atoms with Gasteiger partial charge in [-0.3, -0.25) is 14.6 Å². The SMILES string of the molecule is CCc1cc2c(cc1OS(N)(=O)=O)CCC1C2CCC2(C)C(=O)C(CC(=O)NCc3cccnc3)CC12. The van der Waals surface area contributed by atoms with Crippen LogP contribution in [0.1, 0.15) is 74.1 Å². The number of amides is 1. The molecule has 5 atom stereocenters. The highest BCUT2D eigenvalue weighted by atomic mass is 32.2. The van der Waals surface area contributed by atoms with E-state index < -0.39 is 15.7 Å². The van der Waals surface area contributed by atoms with Crippen LogP contribution < -0.4 is 14.6 Å². The van der Waals surface area contributed by atoms with E-state index in [1.165, 1.54) is 5.56 Å². The van der Waals surface area contributed by atoms with Crippen LogP contribution in [0.3, 0.4) is 0 Å². The predicted octanol–water partition coefficient (Wildman–Crippen LogP) is 3.58. The van der Waals surface area contributed by atoms with Crippen molar-refractivity contribution in [3.05, 3.63) is 58.9 Å². The minimum atomic E-state index is -4.10. The minimum Gasteiger partial charge on any atom is -0.371 e. The molecule has 9 heteroatoms. The summed E-state index contributed by atoms with van der Waals surface area (Å²) in [5, 5.41) is 8.09. The van der Waals surface area contributed by atoms with Crippen molar-refractivity contribution >= 4 is 22.0 Å². The molecule has 3 N–H and O–H groups in total. The molecule has 3 aliphatic carbocycles. The molecule has 1 amide bonds. The molecule has 5 unspecified atom stereocenters. The number of hydrogen-bond acceptors (Lipinski definition) is 6. The van der Waals surface area contributed by atoms with E-state index >= 15 is 0 Å². The Morgan fingerprint density at radius 2 is 2.11 bits per heavy atom. The summed E-state index contributed by atoms with van der Waals surface area (Å²) < 4.78 is 28.2. The number of aryl methyl sites for hydroxylation is 2. The van der Waals surface area contributed by atoms with Crippen molar-refractivity contribution in [3.8, 4) is 5.75 Å². The number of aromatic nitrogens is 1. The van der Waals surface area contributed by atoms with Gasteiger partial charge in [0, 0.05) is 36.7 Å². The first-order chi connectivity index (χ1) is 17.6. The molecule has 2 aromatic rings. The van der Waals surface area contributed by atoms with Gasteiger partial charge in [0.05, 0.1) is 0 Å². The van der Waals surface area contributed by atoms with Crippen LogP contribution in [0.4, 0.5) is 0 Å². The largest absolute Gasteiger partial charge is 0.380 e. The van der Waals surface area contributed by atoms with Crippen LogP contribution in [0, 0.1) is 23.2 Å². The van der Waals surface area contributed by atoms with Crippen molar-refractivity contribution < 1.29 is 22.2 Å². The van der Waals surface area contributed by atoms with Gasteiger partial charge in [0.2, 0.25) is 5.91 Å². The molecule has 0 radical (unpaired) electrons. The molecular formula is C28H35N3O5S. The lowest BCUT2D eigenvalue weighted by Gasteiger charge is -2.48. The molecule has 3 aliphatic rings. The minimum absolute atomic E-state index is 0.0926. The zero-order valence-electron chi connectivity index (χ0n) is 21.4. The fraction of sp³-hybridized carbons (Fsp3) is 0.536. The van der Waals surface area contributed by atoms with Gasteiger partial charge in [-0.2, -0.15) is 13.6 Å². The van der Waals surface area contributed by atoms with Gasteiger partial charge in [0.1, 0.15) is 11.5 Å². The monoisotopic (exact) mass is 525 g/mol. The summed E-state index contributed by atoms with van der Waals surface area (Å²) in [6, 6.07) is 7.69. The molecular weight excluding hydrogens is 490 g/mol. The number of Topliss-reactive ketones (excluding diaryl/α,β-unsaturated/α-hetero) is 1. The second kappa shape index (κ2) is 9.83. The fourth-order valence-electron chi connectivity index (χ4n) is 7.24. The number of hydrogen-bond donors (Lipinski definition) is 2. The number of carbonyl (C=O) groups is 2. The second-order valence-electron chi connectivity index (χ2n) is 11.1. The number of ketones is 1. The number of nitrogens with zero attached hydrogens (tertiary/aromatic N) is 1. The zero-order chi connectivity index (χ0) is 26.4. The van der Waals surface area contributed by atoms with E-state index in [0.29, 0.717) is 30.6 Å². The number of benzene rings is 1. The van der Waals surface area contributed by atoms with Gasteiger partial charge < -0.3 is 9.50 Å². The zero-order valence-corrected chi connectivity index (χ0v) is 22.2. The molecule has 8 nitrogen and oxygen atoms in total. The fourth-order valence-corrected chi connectivity index (χ4v) is 7.65. The summed E-state index contributed by atoms with van der Waals surface area (Å²) in [5.74, 6) is 1.15. The van der Waals surface area contributed by atoms with Crippen LogP contribution in [-0.4, -0.2) is 25.1 Å². The van der Waals surface area contributed by atoms with E-state index in [0.717, 1.165) is 48.8 Å². The number of nitrogens with one attached hydrogen (secondary N) is 1. The van der Waals surface area contributed by atoms with Gasteiger partial charge in [-0.1, -0.05) is 26.0 Å². The third-order valence-electron chi connectivity index (χ3n) is 9.00. The first-order valence-electron chi connectivity index (χ1n) is 13.2. The standard InChI is InChI=1S/C28H35N3O5S/c1-3-18-11-23-19(13-25(18)36-37(29,34)35)6-7-22-21(23)8-9-28(2)24(22)12-20(27(28)33)14-26(32)31-16-17-5-4-10-30-15-17/h4-5,10-11,13,15,20-22,24H,3,6-9,12,14,16H2,1-2H3,(H,31,32)(H2,29,34,35). The van der Waals surface area contributed by atoms with Crippen molar-refractivity contribution in [2.24, 2.45) is 28.3 Å². The number of pyridine rings is 1. The van der Waals surface area contributed by atoms with E-state index in [1.54, 1.807) is 12.4 Å². The predicted molar refractivity (Wildman–Crippen MR) is 139 cm³/mol. The maximum absolute atomic E-state index is 13.6. The van der Waals surface area contributed by atoms with Crippen molar-refractivity contribution in [3.63, 3.8) is 0 Å². The lowest BCUT2D eigenvalue weighted by molar-refractivity contribution is -0.134. The first kappa shape index (κ1) is 25.9. The molecule has 1 heterocycles. The highest BCUT2D eigenvalue weighted by Crippen LogP contribution is 2.61. The Labute approximate surface area is 218 Å². The summed E-state index contributed by atoms with van der Waals surface area (Å²) in [6.45, 7) is 4.49. The molecule has 2 saturated carbocycles. The summed E-state index contributed by atoms with van der Waals surface area (Å²) >= 11 is 0. The van der Waals surface area contributed by atoms with Gasteiger partial charge in [-0.25, -0.2) is 0 Å². The maximum Gasteiger partial charge on any atom is 0.380 e. The molecule has 0 aliphatic heterocycles. The summed E-state index contributed by atoms with van der Waals surface area (Å²) in [4.78, 5) is 30.4. The Morgan fingerprint density at radius 1 is 1.30 bits per heavy atom. The second-order valence-corrected chi connectivity index (χ2v) is 12.3. The topological polar surface area (TPSA) is 128 Å². The molecule has 1 aromatic heterocycles. The van der Waals surface area contributed by atoms with E-state index in [9.17, 15) is 18.0 Å². The number of nitrogens with two attached hydrogens (primary N) is 1. The van der Waals surface area contributed by atoms with Crippen molar-refractivity contribution in [1.82, 2.24) is 10.3 Å². The molecule has 0 saturated heterocycles. The Morgan fingerprint density at radius 3 is 2.81 bits per heavy atom. The van der Waals surface area contributed by atoms with Gasteiger partial charge in [-0.05, 0) is 90.7 Å². The van der Waals surface area contributed by atoms with Gasteiger partial charge in [-0.15, -0.1) is 0 Å². The average Bonchev–Trinajstić information content (AvgIpc) is 3.11. The van der Waals surface area contributed by atoms with Crippen LogP contribution in [0.2, 0.25) is 0 Å². The molecule has 1 aromatic carbocycles. The van der Waals surface area contributed by atoms with Crippen molar-refractivity contribution in [2.45, 2.75) is 71.3 Å². The highest BCUT2D eigenvalue weighted by Gasteiger charge is 2.58. The lowest BCUT2D eigenvalue weighted by atomic mass is 9.55. The van der Waals surface area contributed by atoms with Crippen molar-refractivity contribution in [2.75, 3.05) is 0 Å². The molecule has 0 bridgehead atoms. The highest BCUT2D eigenvalue weighted by molar-refractivity contribution is 7.84. The van der Waals surface area contributed by atoms with Crippen molar-refractivity contribution in [1.29, 1.82) is 0 Å². The van der Waals surface area contributed by atoms with Crippen LogP contribution in [-0.2, 0) is 39.3 Å². The smallest absolute Gasteiger partial charge is 0.371 e. The number of carbonyl (C=O) groups excluding carboxylic acids is 2. The Bertz CT molecular complexity index is 1310. The Kier molecular flexibility index (Phi) is 6.87. The van der Waals surface area contributed by atoms with Gasteiger partial charge >= 0.3 is 10.3 Å². The summed E-state index contributed by atoms with van der Waals surface area (Å²) in [6.07, 6.45) is 8.49. The third kappa shape index (κ3) is 5.03. The quantitative estimate of drug-likeness (QED) is 0.569. The first-order valence-corrected chi connectivity index (χ1v) is 14.6. The van der Waals surface area contributed by atoms with E-state index in [4.69, 9.17) is 9.32 Å². The molecule has 5 rings (SSSR count). The van der Waals surface area contributed by atoms with Gasteiger partial charge in [0.25, 0.3) is 0 Å². The van der Waals surface area contributed by atoms with Crippen LogP contribution in [0.15, 0.2) is 36.7 Å². The van der Waals surface area contributed by atoms with Crippen LogP contribution in [0.25, 0.3) is 0 Å². The van der Waals surface area contributed by atoms with Crippen LogP contribution >= 0.6 is 0 Å². The Hall–Kier alpha value is -2.78. The van der Waals surface area contributed by atoms with E-state index in [-0.39, 0.29) is 29.9 Å². The summed E-state index contributed by atoms with van der Waals surface area (Å²) in [5.41, 5.74) is 3.73. The lowest BCUT2D eigenvalue weighted by Crippen LogP contribution is -2.42. The van der Waals surface area contributed by atoms with E-state index in [1.807, 2.05) is 25.1 Å². The molecule has 37 heavy (non-hydrogen) atoms. The third-order valence-corrected chi connectivity index (χ3v) is 9.41. The van der Waals surface area contributed by atoms with Crippen LogP contribution in [0.5, 0.6) is 5.75 Å². The average molecular weight is 526 g/mol. The maximum atomic E-state index is 13.6. The number of rotatable bonds is 7. The van der Waals surface area contributed by atoms with Gasteiger partial charge in [0.15, 0.2) is 0 Å². The number of fused-ring (bicyclic) bond motifs is 5. The normalized spacial score (nSPS) is 28.7. The van der Waals surface area contributed by atoms with E-state index in [2.05, 4.69) is 23.3 Å². The Balaban J connectivity index is 1.32. The molecule has 198 valence electrons. The summed E-state index contributed by atoms with van der Waals surface area (Å²) in [7, 11) is -4.10. The molecule has 2 fully saturated rings.